The van der Waals surface area contributed by atoms with E-state index < -0.39 is 37.1 Å². The molecule has 0 saturated heterocycles. The number of hydrogen-bond donors (Lipinski definition) is 6. The molecule has 5 atom stereocenters. The predicted octanol–water partition coefficient (Wildman–Crippen LogP) is -3.20. The fraction of sp³-hybridized carbons (Fsp3) is 1.00. The van der Waals surface area contributed by atoms with Crippen LogP contribution in [-0.4, -0.2) is 67.8 Å². The third-order valence-electron chi connectivity index (χ3n) is 1.78. The molecule has 0 saturated carbocycles. The van der Waals surface area contributed by atoms with Gasteiger partial charge in [0.2, 0.25) is 0 Å². The molecule has 6 nitrogen and oxygen atoms in total. The second-order valence-corrected chi connectivity index (χ2v) is 2.96. The molecule has 6 heteroatoms. The van der Waals surface area contributed by atoms with Crippen LogP contribution in [0.15, 0.2) is 0 Å². The van der Waals surface area contributed by atoms with Gasteiger partial charge >= 0.3 is 0 Å². The van der Waals surface area contributed by atoms with Crippen LogP contribution in [0.4, 0.5) is 0 Å². The van der Waals surface area contributed by atoms with Crippen LogP contribution in [0.25, 0.3) is 0 Å². The van der Waals surface area contributed by atoms with Crippen LogP contribution in [0.2, 0.25) is 0 Å². The lowest BCUT2D eigenvalue weighted by atomic mass is 10.0. The molecule has 0 aliphatic heterocycles. The van der Waals surface area contributed by atoms with E-state index in [0.717, 1.165) is 0 Å². The van der Waals surface area contributed by atoms with Crippen LogP contribution >= 0.6 is 0 Å². The molecule has 0 fully saturated rings. The van der Waals surface area contributed by atoms with Gasteiger partial charge in [-0.15, -0.1) is 0 Å². The fourth-order valence-electron chi connectivity index (χ4n) is 0.823. The summed E-state index contributed by atoms with van der Waals surface area (Å²) in [6.45, 7) is 0.497. The summed E-state index contributed by atoms with van der Waals surface area (Å²) in [4.78, 5) is 0. The molecule has 0 aliphatic carbocycles. The molecule has 0 radical (unpaired) electrons. The van der Waals surface area contributed by atoms with Crippen LogP contribution in [0.3, 0.4) is 0 Å². The van der Waals surface area contributed by atoms with E-state index >= 15 is 0 Å². The Balaban J connectivity index is 4.15. The Morgan fingerprint density at radius 1 is 0.846 bits per heavy atom. The first-order valence-electron chi connectivity index (χ1n) is 3.93. The Labute approximate surface area is 75.7 Å². The SMILES string of the molecule is C[C@H](O)C(O)C(O)C(O)[C@@H](O)CO. The molecule has 3 unspecified atom stereocenters. The Kier molecular flexibility index (Phi) is 5.38. The van der Waals surface area contributed by atoms with E-state index in [9.17, 15) is 0 Å². The largest absolute Gasteiger partial charge is 0.394 e. The monoisotopic (exact) mass is 196 g/mol. The van der Waals surface area contributed by atoms with Crippen molar-refractivity contribution in [2.75, 3.05) is 6.61 Å². The highest BCUT2D eigenvalue weighted by molar-refractivity contribution is 4.82. The lowest BCUT2D eigenvalue weighted by Crippen LogP contribution is -2.49. The lowest BCUT2D eigenvalue weighted by molar-refractivity contribution is -0.137. The van der Waals surface area contributed by atoms with E-state index in [0.29, 0.717) is 0 Å². The van der Waals surface area contributed by atoms with Crippen LogP contribution < -0.4 is 0 Å². The highest BCUT2D eigenvalue weighted by Crippen LogP contribution is 2.07. The first-order valence-corrected chi connectivity index (χ1v) is 3.93. The summed E-state index contributed by atoms with van der Waals surface area (Å²) >= 11 is 0. The highest BCUT2D eigenvalue weighted by atomic mass is 16.4. The van der Waals surface area contributed by atoms with Crippen molar-refractivity contribution in [2.24, 2.45) is 0 Å². The Hall–Kier alpha value is -0.240. The number of aliphatic hydroxyl groups excluding tert-OH is 6. The van der Waals surface area contributed by atoms with E-state index in [2.05, 4.69) is 0 Å². The zero-order chi connectivity index (χ0) is 10.6. The van der Waals surface area contributed by atoms with Gasteiger partial charge < -0.3 is 30.6 Å². The second kappa shape index (κ2) is 5.48. The van der Waals surface area contributed by atoms with Crippen molar-refractivity contribution >= 4 is 0 Å². The van der Waals surface area contributed by atoms with Crippen molar-refractivity contribution in [3.8, 4) is 0 Å². The van der Waals surface area contributed by atoms with Crippen molar-refractivity contribution in [1.29, 1.82) is 0 Å². The summed E-state index contributed by atoms with van der Waals surface area (Å²) < 4.78 is 0. The summed E-state index contributed by atoms with van der Waals surface area (Å²) in [7, 11) is 0. The number of hydrogen-bond acceptors (Lipinski definition) is 6. The van der Waals surface area contributed by atoms with Crippen LogP contribution in [0.1, 0.15) is 6.92 Å². The quantitative estimate of drug-likeness (QED) is 0.275. The molecule has 0 heterocycles. The van der Waals surface area contributed by atoms with Gasteiger partial charge in [-0.25, -0.2) is 0 Å². The molecule has 13 heavy (non-hydrogen) atoms. The third kappa shape index (κ3) is 3.55. The zero-order valence-electron chi connectivity index (χ0n) is 7.28. The standard InChI is InChI=1S/C7H16O6/c1-3(9)5(11)7(13)6(12)4(10)2-8/h3-13H,2H2,1H3/t3-,4-,5?,6?,7?/m0/s1. The van der Waals surface area contributed by atoms with Gasteiger partial charge in [0.15, 0.2) is 0 Å². The average molecular weight is 196 g/mol. The Bertz CT molecular complexity index is 139. The molecular weight excluding hydrogens is 180 g/mol. The molecule has 0 aromatic carbocycles. The van der Waals surface area contributed by atoms with Crippen molar-refractivity contribution in [3.05, 3.63) is 0 Å². The van der Waals surface area contributed by atoms with E-state index in [1.165, 1.54) is 6.92 Å². The zero-order valence-corrected chi connectivity index (χ0v) is 7.28. The molecule has 0 spiro atoms. The van der Waals surface area contributed by atoms with Gasteiger partial charge in [0.05, 0.1) is 12.7 Å². The third-order valence-corrected chi connectivity index (χ3v) is 1.78. The number of aliphatic hydroxyl groups is 6. The summed E-state index contributed by atoms with van der Waals surface area (Å²) in [5.41, 5.74) is 0. The van der Waals surface area contributed by atoms with E-state index in [4.69, 9.17) is 30.6 Å². The average Bonchev–Trinajstić information content (AvgIpc) is 2.12. The maximum Gasteiger partial charge on any atom is 0.111 e. The summed E-state index contributed by atoms with van der Waals surface area (Å²) in [6.07, 6.45) is -7.70. The Morgan fingerprint density at radius 3 is 1.62 bits per heavy atom. The molecule has 0 aromatic rings. The highest BCUT2D eigenvalue weighted by Gasteiger charge is 2.32. The van der Waals surface area contributed by atoms with Crippen molar-refractivity contribution in [3.63, 3.8) is 0 Å². The fourth-order valence-corrected chi connectivity index (χ4v) is 0.823. The van der Waals surface area contributed by atoms with Gasteiger partial charge in [0.25, 0.3) is 0 Å². The molecule has 0 aliphatic rings. The molecule has 0 aromatic heterocycles. The maximum absolute atomic E-state index is 9.13. The van der Waals surface area contributed by atoms with Gasteiger partial charge in [0.1, 0.15) is 24.4 Å². The maximum atomic E-state index is 9.13. The van der Waals surface area contributed by atoms with Crippen molar-refractivity contribution < 1.29 is 30.6 Å². The molecule has 0 amide bonds. The lowest BCUT2D eigenvalue weighted by Gasteiger charge is -2.26. The molecular formula is C7H16O6. The van der Waals surface area contributed by atoms with E-state index in [1.54, 1.807) is 0 Å². The van der Waals surface area contributed by atoms with Gasteiger partial charge in [-0.05, 0) is 6.92 Å². The molecule has 6 N–H and O–H groups in total. The predicted molar refractivity (Wildman–Crippen MR) is 42.8 cm³/mol. The molecule has 0 bridgehead atoms. The first-order chi connectivity index (χ1) is 5.91. The minimum absolute atomic E-state index is 0.731. The van der Waals surface area contributed by atoms with E-state index in [1.807, 2.05) is 0 Å². The second-order valence-electron chi connectivity index (χ2n) is 2.96. The van der Waals surface area contributed by atoms with Crippen LogP contribution in [-0.2, 0) is 0 Å². The first kappa shape index (κ1) is 12.8. The summed E-state index contributed by atoms with van der Waals surface area (Å²) in [6, 6.07) is 0. The van der Waals surface area contributed by atoms with Gasteiger partial charge in [-0.2, -0.15) is 0 Å². The molecule has 0 rings (SSSR count). The van der Waals surface area contributed by atoms with Crippen LogP contribution in [0.5, 0.6) is 0 Å². The van der Waals surface area contributed by atoms with Crippen molar-refractivity contribution in [2.45, 2.75) is 37.4 Å². The summed E-state index contributed by atoms with van der Waals surface area (Å²) in [5.74, 6) is 0. The Morgan fingerprint density at radius 2 is 1.31 bits per heavy atom. The van der Waals surface area contributed by atoms with E-state index in [-0.39, 0.29) is 0 Å². The normalized spacial score (nSPS) is 23.3. The van der Waals surface area contributed by atoms with Gasteiger partial charge in [-0.3, -0.25) is 0 Å². The smallest absolute Gasteiger partial charge is 0.111 e. The summed E-state index contributed by atoms with van der Waals surface area (Å²) in [5, 5.41) is 53.4. The molecule has 80 valence electrons. The minimum atomic E-state index is -1.69. The topological polar surface area (TPSA) is 121 Å². The minimum Gasteiger partial charge on any atom is -0.394 e. The van der Waals surface area contributed by atoms with Gasteiger partial charge in [-0.1, -0.05) is 0 Å². The number of rotatable bonds is 5. The van der Waals surface area contributed by atoms with Gasteiger partial charge in [0, 0.05) is 0 Å². The van der Waals surface area contributed by atoms with Crippen molar-refractivity contribution in [1.82, 2.24) is 0 Å². The van der Waals surface area contributed by atoms with Crippen LogP contribution in [0, 0.1) is 0 Å².